The Balaban J connectivity index is 1.20. The highest BCUT2D eigenvalue weighted by Crippen LogP contribution is 2.75. The minimum atomic E-state index is -2.20. The van der Waals surface area contributed by atoms with Gasteiger partial charge in [0.05, 0.1) is 16.7 Å². The topological polar surface area (TPSA) is 11.4 Å². The van der Waals surface area contributed by atoms with E-state index < -0.39 is 10.0 Å². The minimum Gasteiger partial charge on any atom is -0.310 e. The zero-order valence-corrected chi connectivity index (χ0v) is 36.0. The molecule has 0 aliphatic carbocycles. The fourth-order valence-corrected chi connectivity index (χ4v) is 13.4. The third-order valence-corrected chi connectivity index (χ3v) is 16.0. The van der Waals surface area contributed by atoms with Crippen molar-refractivity contribution in [3.8, 4) is 5.69 Å². The van der Waals surface area contributed by atoms with Crippen LogP contribution in [0, 0.1) is 0 Å². The summed E-state index contributed by atoms with van der Waals surface area (Å²) in [6.07, 6.45) is 0. The summed E-state index contributed by atoms with van der Waals surface area (Å²) in [5, 5.41) is 2.42. The number of para-hydroxylation sites is 6. The van der Waals surface area contributed by atoms with Gasteiger partial charge in [-0.05, 0) is 127 Å². The summed E-state index contributed by atoms with van der Waals surface area (Å²) < 4.78 is 2.39. The molecule has 0 amide bonds. The van der Waals surface area contributed by atoms with Crippen LogP contribution < -0.4 is 9.80 Å². The van der Waals surface area contributed by atoms with E-state index in [0.717, 1.165) is 39.8 Å². The largest absolute Gasteiger partial charge is 0.310 e. The van der Waals surface area contributed by atoms with Crippen molar-refractivity contribution in [3.63, 3.8) is 0 Å². The summed E-state index contributed by atoms with van der Waals surface area (Å²) in [6.45, 7) is 0. The van der Waals surface area contributed by atoms with Crippen LogP contribution in [0.2, 0.25) is 0 Å². The van der Waals surface area contributed by atoms with E-state index in [-0.39, 0.29) is 0 Å². The maximum Gasteiger partial charge on any atom is 0.0592 e. The van der Waals surface area contributed by atoms with Crippen LogP contribution in [0.3, 0.4) is 0 Å². The Hall–Kier alpha value is -8.05. The van der Waals surface area contributed by atoms with Gasteiger partial charge < -0.3 is 14.4 Å². The molecule has 0 spiro atoms. The molecule has 0 aliphatic rings. The van der Waals surface area contributed by atoms with Gasteiger partial charge >= 0.3 is 0 Å². The average molecular weight is 840 g/mol. The van der Waals surface area contributed by atoms with Crippen molar-refractivity contribution in [2.24, 2.45) is 0 Å². The van der Waals surface area contributed by atoms with Crippen molar-refractivity contribution in [1.82, 2.24) is 4.57 Å². The molecule has 0 fully saturated rings. The standard InChI is InChI=1S/C60H45N3S/c1-7-24-46(25-8-1)61(47-26-9-2-10-27-47)50-32-23-37-54(44-50)64(52-33-15-5-16-34-52,53-35-17-6-18-36-53)60-41-22-21-40-59(60)62(48-28-11-3-12-29-48)51-42-43-58-56(45-51)55-38-19-20-39-57(55)63(58)49-30-13-4-14-31-49/h1-45H. The van der Waals surface area contributed by atoms with Gasteiger partial charge in [0, 0.05) is 64.5 Å². The van der Waals surface area contributed by atoms with Gasteiger partial charge in [-0.1, -0.05) is 146 Å². The van der Waals surface area contributed by atoms with Gasteiger partial charge in [-0.2, -0.15) is 0 Å². The highest BCUT2D eigenvalue weighted by Gasteiger charge is 2.37. The Morgan fingerprint density at radius 2 is 0.719 bits per heavy atom. The van der Waals surface area contributed by atoms with Crippen LogP contribution >= 0.6 is 10.0 Å². The van der Waals surface area contributed by atoms with Gasteiger partial charge in [0.25, 0.3) is 0 Å². The number of anilines is 6. The molecule has 0 bridgehead atoms. The second-order valence-electron chi connectivity index (χ2n) is 15.8. The normalized spacial score (nSPS) is 11.7. The molecule has 0 saturated heterocycles. The molecule has 0 atom stereocenters. The second kappa shape index (κ2) is 17.0. The van der Waals surface area contributed by atoms with Crippen LogP contribution in [0.1, 0.15) is 0 Å². The van der Waals surface area contributed by atoms with E-state index in [1.807, 2.05) is 0 Å². The first-order valence-electron chi connectivity index (χ1n) is 21.8. The zero-order chi connectivity index (χ0) is 42.7. The van der Waals surface area contributed by atoms with Crippen LogP contribution in [-0.4, -0.2) is 4.57 Å². The van der Waals surface area contributed by atoms with Crippen LogP contribution in [0.25, 0.3) is 27.5 Å². The van der Waals surface area contributed by atoms with Crippen LogP contribution in [0.4, 0.5) is 34.1 Å². The SMILES string of the molecule is c1ccc(N(c2ccccc2)c2cccc(S(c3ccccc3)(c3ccccc3)c3ccccc3N(c3ccccc3)c3ccc4c(c3)c3ccccc3n4-c3ccccc3)c2)cc1. The lowest BCUT2D eigenvalue weighted by Gasteiger charge is -2.45. The zero-order valence-electron chi connectivity index (χ0n) is 35.2. The molecular formula is C60H45N3S. The molecule has 64 heavy (non-hydrogen) atoms. The van der Waals surface area contributed by atoms with Crippen molar-refractivity contribution in [3.05, 3.63) is 273 Å². The van der Waals surface area contributed by atoms with E-state index in [1.54, 1.807) is 0 Å². The maximum absolute atomic E-state index is 2.47. The number of hydrogen-bond donors (Lipinski definition) is 0. The molecule has 0 aliphatic heterocycles. The average Bonchev–Trinajstić information content (AvgIpc) is 3.71. The molecule has 11 aromatic rings. The molecule has 306 valence electrons. The molecule has 0 saturated carbocycles. The summed E-state index contributed by atoms with van der Waals surface area (Å²) in [5.41, 5.74) is 10.1. The number of nitrogens with zero attached hydrogens (tertiary/aromatic N) is 3. The van der Waals surface area contributed by atoms with Crippen molar-refractivity contribution >= 4 is 66.0 Å². The molecule has 0 N–H and O–H groups in total. The number of rotatable bonds is 11. The molecule has 4 heteroatoms. The molecule has 3 nitrogen and oxygen atoms in total. The molecule has 1 heterocycles. The first-order chi connectivity index (χ1) is 31.8. The minimum absolute atomic E-state index is 1.09. The van der Waals surface area contributed by atoms with Gasteiger partial charge in [0.2, 0.25) is 0 Å². The fraction of sp³-hybridized carbons (Fsp3) is 0. The third-order valence-electron chi connectivity index (χ3n) is 12.0. The predicted molar refractivity (Wildman–Crippen MR) is 270 cm³/mol. The number of aromatic nitrogens is 1. The Labute approximate surface area is 376 Å². The molecule has 1 aromatic heterocycles. The number of fused-ring (bicyclic) bond motifs is 3. The monoisotopic (exact) mass is 839 g/mol. The van der Waals surface area contributed by atoms with E-state index in [9.17, 15) is 0 Å². The number of benzene rings is 10. The summed E-state index contributed by atoms with van der Waals surface area (Å²) in [4.78, 5) is 9.83. The van der Waals surface area contributed by atoms with Gasteiger partial charge in [-0.25, -0.2) is 0 Å². The van der Waals surface area contributed by atoms with Gasteiger partial charge in [-0.3, -0.25) is 0 Å². The Bertz CT molecular complexity index is 3240. The maximum atomic E-state index is 2.47. The van der Waals surface area contributed by atoms with E-state index in [1.165, 1.54) is 41.4 Å². The fourth-order valence-electron chi connectivity index (χ4n) is 9.31. The van der Waals surface area contributed by atoms with Gasteiger partial charge in [0.1, 0.15) is 0 Å². The summed E-state index contributed by atoms with van der Waals surface area (Å²) in [6, 6.07) is 99.4. The second-order valence-corrected chi connectivity index (χ2v) is 18.8. The lowest BCUT2D eigenvalue weighted by Crippen LogP contribution is -2.15. The lowest BCUT2D eigenvalue weighted by atomic mass is 10.1. The number of hydrogen-bond acceptors (Lipinski definition) is 2. The summed E-state index contributed by atoms with van der Waals surface area (Å²) in [7, 11) is -2.20. The smallest absolute Gasteiger partial charge is 0.0592 e. The highest BCUT2D eigenvalue weighted by molar-refractivity contribution is 8.34. The van der Waals surface area contributed by atoms with E-state index in [4.69, 9.17) is 0 Å². The van der Waals surface area contributed by atoms with Crippen LogP contribution in [0.5, 0.6) is 0 Å². The van der Waals surface area contributed by atoms with E-state index >= 15 is 0 Å². The van der Waals surface area contributed by atoms with Gasteiger partial charge in [-0.15, -0.1) is 10.0 Å². The highest BCUT2D eigenvalue weighted by atomic mass is 32.3. The first-order valence-corrected chi connectivity index (χ1v) is 23.4. The molecule has 10 aromatic carbocycles. The lowest BCUT2D eigenvalue weighted by molar-refractivity contribution is 1.17. The van der Waals surface area contributed by atoms with Crippen LogP contribution in [0.15, 0.2) is 293 Å². The molecule has 0 unspecified atom stereocenters. The van der Waals surface area contributed by atoms with Crippen molar-refractivity contribution < 1.29 is 0 Å². The Morgan fingerprint density at radius 1 is 0.281 bits per heavy atom. The van der Waals surface area contributed by atoms with Crippen LogP contribution in [-0.2, 0) is 0 Å². The van der Waals surface area contributed by atoms with Gasteiger partial charge in [0.15, 0.2) is 0 Å². The van der Waals surface area contributed by atoms with E-state index in [2.05, 4.69) is 287 Å². The van der Waals surface area contributed by atoms with Crippen molar-refractivity contribution in [1.29, 1.82) is 0 Å². The predicted octanol–water partition coefficient (Wildman–Crippen LogP) is 17.1. The quantitative estimate of drug-likeness (QED) is 0.129. The first kappa shape index (κ1) is 38.8. The third kappa shape index (κ3) is 6.82. The Morgan fingerprint density at radius 3 is 1.33 bits per heavy atom. The Kier molecular flexibility index (Phi) is 10.3. The summed E-state index contributed by atoms with van der Waals surface area (Å²) in [5.74, 6) is 0. The molecular weight excluding hydrogens is 795 g/mol. The summed E-state index contributed by atoms with van der Waals surface area (Å²) >= 11 is 0. The molecule has 0 radical (unpaired) electrons. The molecule has 11 rings (SSSR count). The van der Waals surface area contributed by atoms with Crippen molar-refractivity contribution in [2.75, 3.05) is 9.80 Å². The van der Waals surface area contributed by atoms with E-state index in [0.29, 0.717) is 0 Å². The van der Waals surface area contributed by atoms with Crippen molar-refractivity contribution in [2.45, 2.75) is 19.6 Å².